The van der Waals surface area contributed by atoms with E-state index in [9.17, 15) is 0 Å². The van der Waals surface area contributed by atoms with Crippen molar-refractivity contribution in [3.05, 3.63) is 59.9 Å². The van der Waals surface area contributed by atoms with Crippen molar-refractivity contribution in [2.24, 2.45) is 12.0 Å². The Balaban J connectivity index is 2.23. The van der Waals surface area contributed by atoms with E-state index < -0.39 is 0 Å². The van der Waals surface area contributed by atoms with Gasteiger partial charge in [0.05, 0.1) is 18.8 Å². The van der Waals surface area contributed by atoms with Crippen molar-refractivity contribution in [1.29, 1.82) is 0 Å². The van der Waals surface area contributed by atoms with Crippen LogP contribution in [0.25, 0.3) is 6.08 Å². The van der Waals surface area contributed by atoms with Crippen LogP contribution in [0.2, 0.25) is 0 Å². The second-order valence-electron chi connectivity index (χ2n) is 4.63. The molecule has 19 heavy (non-hydrogen) atoms. The molecule has 3 rings (SSSR count). The van der Waals surface area contributed by atoms with E-state index in [4.69, 9.17) is 0 Å². The summed E-state index contributed by atoms with van der Waals surface area (Å²) in [7, 11) is 2.05. The molecule has 1 aliphatic rings. The number of fused-ring (bicyclic) bond motifs is 1. The van der Waals surface area contributed by atoms with Gasteiger partial charge in [-0.15, -0.1) is 0 Å². The average molecular weight is 250 g/mol. The highest BCUT2D eigenvalue weighted by Crippen LogP contribution is 2.28. The van der Waals surface area contributed by atoms with Crippen molar-refractivity contribution in [3.8, 4) is 0 Å². The Morgan fingerprint density at radius 3 is 2.79 bits per heavy atom. The Labute approximate surface area is 113 Å². The van der Waals surface area contributed by atoms with E-state index in [1.807, 2.05) is 24.7 Å². The summed E-state index contributed by atoms with van der Waals surface area (Å²) in [6.07, 6.45) is 7.78. The minimum absolute atomic E-state index is 1.12. The fourth-order valence-electron chi connectivity index (χ4n) is 2.36. The van der Waals surface area contributed by atoms with Gasteiger partial charge in [0.1, 0.15) is 5.69 Å². The molecule has 2 heterocycles. The lowest BCUT2D eigenvalue weighted by Gasteiger charge is -2.16. The number of pyridine rings is 1. The van der Waals surface area contributed by atoms with Gasteiger partial charge in [-0.25, -0.2) is 9.56 Å². The van der Waals surface area contributed by atoms with Crippen molar-refractivity contribution in [2.45, 2.75) is 6.92 Å². The maximum Gasteiger partial charge on any atom is 0.294 e. The predicted octanol–water partition coefficient (Wildman–Crippen LogP) is 2.97. The summed E-state index contributed by atoms with van der Waals surface area (Å²) >= 11 is 0. The Morgan fingerprint density at radius 1 is 1.11 bits per heavy atom. The third-order valence-electron chi connectivity index (χ3n) is 3.30. The van der Waals surface area contributed by atoms with Crippen LogP contribution in [0.3, 0.4) is 0 Å². The van der Waals surface area contributed by atoms with E-state index in [-0.39, 0.29) is 0 Å². The molecule has 0 bridgehead atoms. The molecule has 3 nitrogen and oxygen atoms in total. The van der Waals surface area contributed by atoms with Gasteiger partial charge < -0.3 is 0 Å². The molecule has 0 saturated carbocycles. The lowest BCUT2D eigenvalue weighted by molar-refractivity contribution is -0.658. The van der Waals surface area contributed by atoms with Crippen molar-refractivity contribution in [1.82, 2.24) is 0 Å². The molecule has 0 radical (unpaired) electrons. The molecule has 1 aromatic heterocycles. The van der Waals surface area contributed by atoms with E-state index >= 15 is 0 Å². The van der Waals surface area contributed by atoms with Crippen LogP contribution in [0.4, 0.5) is 11.5 Å². The zero-order valence-corrected chi connectivity index (χ0v) is 11.1. The van der Waals surface area contributed by atoms with E-state index in [2.05, 4.69) is 65.0 Å². The second kappa shape index (κ2) is 4.69. The summed E-state index contributed by atoms with van der Waals surface area (Å²) in [5.41, 5.74) is 3.54. The highest BCUT2D eigenvalue weighted by Gasteiger charge is 2.24. The molecule has 0 N–H and O–H groups in total. The van der Waals surface area contributed by atoms with Gasteiger partial charge in [-0.1, -0.05) is 18.2 Å². The molecule has 0 atom stereocenters. The lowest BCUT2D eigenvalue weighted by Crippen LogP contribution is -2.37. The Kier molecular flexibility index (Phi) is 2.88. The number of benzene rings is 1. The monoisotopic (exact) mass is 250 g/mol. The molecule has 0 saturated heterocycles. The minimum Gasteiger partial charge on any atom is -0.236 e. The molecule has 0 spiro atoms. The largest absolute Gasteiger partial charge is 0.294 e. The summed E-state index contributed by atoms with van der Waals surface area (Å²) < 4.78 is 2.11. The first-order valence-electron chi connectivity index (χ1n) is 6.31. The Morgan fingerprint density at radius 2 is 1.95 bits per heavy atom. The zero-order chi connectivity index (χ0) is 13.2. The van der Waals surface area contributed by atoms with Crippen molar-refractivity contribution < 1.29 is 4.57 Å². The molecule has 2 aromatic rings. The van der Waals surface area contributed by atoms with Crippen LogP contribution in [0, 0.1) is 6.92 Å². The number of hydrogen-bond donors (Lipinski definition) is 0. The van der Waals surface area contributed by atoms with Gasteiger partial charge >= 0.3 is 0 Å². The Hall–Kier alpha value is -2.42. The fraction of sp³-hybridized carbons (Fsp3) is 0.125. The first-order chi connectivity index (χ1) is 9.27. The molecule has 94 valence electrons. The predicted molar refractivity (Wildman–Crippen MR) is 78.5 cm³/mol. The summed E-state index contributed by atoms with van der Waals surface area (Å²) in [6.45, 7) is 2.12. The number of nitrogens with zero attached hydrogens (tertiary/aromatic N) is 3. The maximum atomic E-state index is 4.33. The van der Waals surface area contributed by atoms with Crippen LogP contribution in [0.1, 0.15) is 11.1 Å². The molecule has 1 aromatic carbocycles. The molecule has 0 amide bonds. The highest BCUT2D eigenvalue weighted by molar-refractivity contribution is 5.92. The number of para-hydroxylation sites is 1. The zero-order valence-electron chi connectivity index (χ0n) is 11.1. The van der Waals surface area contributed by atoms with Gasteiger partial charge in [0.25, 0.3) is 5.82 Å². The fourth-order valence-corrected chi connectivity index (χ4v) is 2.36. The number of aryl methyl sites for hydroxylation is 2. The van der Waals surface area contributed by atoms with Crippen molar-refractivity contribution in [3.63, 3.8) is 0 Å². The van der Waals surface area contributed by atoms with Crippen molar-refractivity contribution in [2.75, 3.05) is 4.90 Å². The molecule has 1 aliphatic heterocycles. The van der Waals surface area contributed by atoms with Crippen molar-refractivity contribution >= 4 is 23.9 Å². The number of aromatic nitrogens is 1. The van der Waals surface area contributed by atoms with E-state index in [1.54, 1.807) is 0 Å². The molecule has 0 aliphatic carbocycles. The van der Waals surface area contributed by atoms with E-state index in [0.717, 1.165) is 17.1 Å². The lowest BCUT2D eigenvalue weighted by atomic mass is 10.1. The molecule has 0 unspecified atom stereocenters. The molecular formula is C16H16N3+. The first kappa shape index (κ1) is 11.7. The van der Waals surface area contributed by atoms with E-state index in [0.29, 0.717) is 0 Å². The summed E-state index contributed by atoms with van der Waals surface area (Å²) in [4.78, 5) is 6.46. The third kappa shape index (κ3) is 2.03. The highest BCUT2D eigenvalue weighted by atomic mass is 15.2. The standard InChI is InChI=1S/C16H16N3/c1-13-6-3-4-8-15(13)19-12-17-10-9-14-7-5-11-18(2)16(14)19/h3-12H,1-2H3/q+1. The minimum atomic E-state index is 1.12. The van der Waals surface area contributed by atoms with Crippen LogP contribution < -0.4 is 9.47 Å². The summed E-state index contributed by atoms with van der Waals surface area (Å²) in [5, 5.41) is 0. The van der Waals surface area contributed by atoms with Gasteiger partial charge in [-0.05, 0) is 36.8 Å². The van der Waals surface area contributed by atoms with Gasteiger partial charge in [-0.2, -0.15) is 4.90 Å². The van der Waals surface area contributed by atoms with Crippen LogP contribution >= 0.6 is 0 Å². The average Bonchev–Trinajstić information content (AvgIpc) is 2.63. The SMILES string of the molecule is Cc1ccccc1N1C=NC=Cc2ccc[n+](C)c21. The molecule has 0 fully saturated rings. The van der Waals surface area contributed by atoms with Gasteiger partial charge in [0.15, 0.2) is 6.34 Å². The van der Waals surface area contributed by atoms with Gasteiger partial charge in [0, 0.05) is 6.20 Å². The summed E-state index contributed by atoms with van der Waals surface area (Å²) in [5.74, 6) is 1.12. The van der Waals surface area contributed by atoms with Crippen LogP contribution in [-0.2, 0) is 7.05 Å². The number of hydrogen-bond acceptors (Lipinski definition) is 2. The topological polar surface area (TPSA) is 19.5 Å². The molecular weight excluding hydrogens is 234 g/mol. The van der Waals surface area contributed by atoms with Gasteiger partial charge in [0.2, 0.25) is 0 Å². The van der Waals surface area contributed by atoms with Crippen LogP contribution in [-0.4, -0.2) is 6.34 Å². The Bertz CT molecular complexity index is 671. The smallest absolute Gasteiger partial charge is 0.236 e. The second-order valence-corrected chi connectivity index (χ2v) is 4.63. The normalized spacial score (nSPS) is 13.3. The van der Waals surface area contributed by atoms with E-state index in [1.165, 1.54) is 5.56 Å². The van der Waals surface area contributed by atoms with Crippen LogP contribution in [0.15, 0.2) is 53.8 Å². The first-order valence-corrected chi connectivity index (χ1v) is 6.31. The quantitative estimate of drug-likeness (QED) is 0.712. The third-order valence-corrected chi connectivity index (χ3v) is 3.30. The van der Waals surface area contributed by atoms with Gasteiger partial charge in [-0.3, -0.25) is 0 Å². The maximum absolute atomic E-state index is 4.33. The number of anilines is 2. The van der Waals surface area contributed by atoms with Crippen LogP contribution in [0.5, 0.6) is 0 Å². The molecule has 3 heteroatoms. The summed E-state index contributed by atoms with van der Waals surface area (Å²) in [6, 6.07) is 12.5. The number of aliphatic imine (C=N–C) groups is 1. The number of rotatable bonds is 1.